The van der Waals surface area contributed by atoms with Gasteiger partial charge in [-0.3, -0.25) is 9.59 Å². The number of nitrogens with one attached hydrogen (secondary N) is 1. The van der Waals surface area contributed by atoms with Gasteiger partial charge >= 0.3 is 0 Å². The molecule has 0 radical (unpaired) electrons. The maximum atomic E-state index is 12.8. The molecule has 2 aliphatic rings. The van der Waals surface area contributed by atoms with E-state index in [0.717, 1.165) is 22.4 Å². The molecule has 2 heterocycles. The van der Waals surface area contributed by atoms with Crippen molar-refractivity contribution in [1.82, 2.24) is 5.32 Å². The van der Waals surface area contributed by atoms with Crippen LogP contribution in [0.25, 0.3) is 0 Å². The molecule has 30 heavy (non-hydrogen) atoms. The molecule has 0 saturated carbocycles. The second kappa shape index (κ2) is 7.67. The quantitative estimate of drug-likeness (QED) is 0.764. The number of hydrogen-bond donors (Lipinski definition) is 1. The number of Topliss-reactive ketones (excluding diaryl/α,β-unsaturated/α-hetero) is 1. The van der Waals surface area contributed by atoms with Crippen LogP contribution in [-0.4, -0.2) is 37.6 Å². The zero-order valence-electron chi connectivity index (χ0n) is 17.8. The number of hydrogen-bond acceptors (Lipinski definition) is 5. The monoisotopic (exact) mass is 409 g/mol. The van der Waals surface area contributed by atoms with Crippen LogP contribution < -0.4 is 19.5 Å². The van der Waals surface area contributed by atoms with Crippen LogP contribution in [0.2, 0.25) is 0 Å². The number of benzene rings is 2. The normalized spacial score (nSPS) is 18.5. The molecular weight excluding hydrogens is 382 g/mol. The summed E-state index contributed by atoms with van der Waals surface area (Å²) in [6.45, 7) is 6.39. The van der Waals surface area contributed by atoms with Crippen molar-refractivity contribution < 1.29 is 23.8 Å². The third kappa shape index (κ3) is 3.74. The predicted molar refractivity (Wildman–Crippen MR) is 113 cm³/mol. The lowest BCUT2D eigenvalue weighted by atomic mass is 9.90. The van der Waals surface area contributed by atoms with Crippen LogP contribution in [0.4, 0.5) is 0 Å². The maximum Gasteiger partial charge on any atom is 0.228 e. The van der Waals surface area contributed by atoms with Crippen LogP contribution >= 0.6 is 0 Å². The number of aryl methyl sites for hydroxylation is 1. The zero-order chi connectivity index (χ0) is 21.5. The van der Waals surface area contributed by atoms with E-state index in [4.69, 9.17) is 14.2 Å². The summed E-state index contributed by atoms with van der Waals surface area (Å²) in [4.78, 5) is 25.7. The molecule has 0 bridgehead atoms. The van der Waals surface area contributed by atoms with E-state index in [9.17, 15) is 9.59 Å². The first-order valence-corrected chi connectivity index (χ1v) is 10.2. The molecule has 1 N–H and O–H groups in total. The maximum absolute atomic E-state index is 12.8. The largest absolute Gasteiger partial charge is 0.493 e. The molecule has 1 unspecified atom stereocenters. The highest BCUT2D eigenvalue weighted by atomic mass is 16.5. The van der Waals surface area contributed by atoms with Crippen LogP contribution in [0.5, 0.6) is 17.2 Å². The van der Waals surface area contributed by atoms with Gasteiger partial charge in [0.2, 0.25) is 5.91 Å². The van der Waals surface area contributed by atoms with Crippen molar-refractivity contribution in [3.05, 3.63) is 52.6 Å². The van der Waals surface area contributed by atoms with Crippen LogP contribution in [-0.2, 0) is 11.2 Å². The summed E-state index contributed by atoms with van der Waals surface area (Å²) in [6, 6.07) is 9.33. The number of amides is 1. The molecular formula is C24H27NO5. The topological polar surface area (TPSA) is 73.9 Å². The third-order valence-electron chi connectivity index (χ3n) is 5.68. The number of para-hydroxylation sites is 1. The first-order chi connectivity index (χ1) is 14.3. The number of rotatable bonds is 5. The molecule has 0 aromatic heterocycles. The predicted octanol–water partition coefficient (Wildman–Crippen LogP) is 3.58. The van der Waals surface area contributed by atoms with Crippen molar-refractivity contribution in [2.75, 3.05) is 20.3 Å². The van der Waals surface area contributed by atoms with E-state index in [1.165, 1.54) is 0 Å². The number of ether oxygens (including phenoxy) is 3. The molecule has 2 aromatic rings. The summed E-state index contributed by atoms with van der Waals surface area (Å²) in [5, 5.41) is 2.82. The number of methoxy groups -OCH3 is 1. The molecule has 1 atom stereocenters. The third-order valence-corrected chi connectivity index (χ3v) is 5.68. The average Bonchev–Trinajstić information content (AvgIpc) is 3.04. The highest BCUT2D eigenvalue weighted by Gasteiger charge is 2.34. The summed E-state index contributed by atoms with van der Waals surface area (Å²) < 4.78 is 17.1. The first-order valence-electron chi connectivity index (χ1n) is 10.2. The summed E-state index contributed by atoms with van der Waals surface area (Å²) in [5.74, 6) is 1.38. The lowest BCUT2D eigenvalue weighted by Gasteiger charge is -2.26. The number of ketones is 1. The molecule has 0 aliphatic carbocycles. The van der Waals surface area contributed by atoms with Crippen LogP contribution in [0.3, 0.4) is 0 Å². The summed E-state index contributed by atoms with van der Waals surface area (Å²) >= 11 is 0. The fourth-order valence-electron chi connectivity index (χ4n) is 4.24. The van der Waals surface area contributed by atoms with Gasteiger partial charge in [0.1, 0.15) is 11.4 Å². The summed E-state index contributed by atoms with van der Waals surface area (Å²) in [7, 11) is 1.56. The smallest absolute Gasteiger partial charge is 0.228 e. The Labute approximate surface area is 176 Å². The Morgan fingerprint density at radius 1 is 1.23 bits per heavy atom. The Bertz CT molecular complexity index is 1010. The van der Waals surface area contributed by atoms with Crippen molar-refractivity contribution in [3.8, 4) is 17.2 Å². The Morgan fingerprint density at radius 3 is 2.80 bits per heavy atom. The highest BCUT2D eigenvalue weighted by molar-refractivity contribution is 6.00. The molecule has 1 amide bonds. The second-order valence-corrected chi connectivity index (χ2v) is 8.53. The molecule has 0 spiro atoms. The van der Waals surface area contributed by atoms with Gasteiger partial charge in [0, 0.05) is 23.1 Å². The fourth-order valence-corrected chi connectivity index (χ4v) is 4.24. The van der Waals surface area contributed by atoms with Gasteiger partial charge in [0.05, 0.1) is 26.2 Å². The Hall–Kier alpha value is -3.02. The Balaban J connectivity index is 1.48. The number of carbonyl (C=O) groups is 2. The van der Waals surface area contributed by atoms with Crippen LogP contribution in [0.1, 0.15) is 53.2 Å². The average molecular weight is 409 g/mol. The van der Waals surface area contributed by atoms with Gasteiger partial charge in [-0.25, -0.2) is 0 Å². The zero-order valence-corrected chi connectivity index (χ0v) is 17.8. The van der Waals surface area contributed by atoms with E-state index in [0.29, 0.717) is 36.5 Å². The minimum Gasteiger partial charge on any atom is -0.493 e. The fraction of sp³-hybridized carbons (Fsp3) is 0.417. The van der Waals surface area contributed by atoms with Gasteiger partial charge < -0.3 is 19.5 Å². The molecule has 0 saturated heterocycles. The van der Waals surface area contributed by atoms with E-state index in [1.54, 1.807) is 13.2 Å². The van der Waals surface area contributed by atoms with Gasteiger partial charge in [0.15, 0.2) is 17.3 Å². The number of carbonyl (C=O) groups excluding carboxylic acids is 2. The standard InChI is InChI=1S/C24H27NO5/c1-14-6-5-7-17-18(8-9-29-21(14)17)23(27)25-13-19(26)15-10-16-12-24(2,3)30-22(16)20(11-15)28-4/h5-7,10-11,18H,8-9,12-13H2,1-4H3,(H,25,27). The van der Waals surface area contributed by atoms with E-state index in [-0.39, 0.29) is 29.8 Å². The molecule has 158 valence electrons. The molecule has 6 nitrogen and oxygen atoms in total. The van der Waals surface area contributed by atoms with Crippen LogP contribution in [0, 0.1) is 6.92 Å². The van der Waals surface area contributed by atoms with Gasteiger partial charge in [-0.1, -0.05) is 18.2 Å². The van der Waals surface area contributed by atoms with E-state index >= 15 is 0 Å². The van der Waals surface area contributed by atoms with Gasteiger partial charge in [-0.2, -0.15) is 0 Å². The molecule has 2 aliphatic heterocycles. The second-order valence-electron chi connectivity index (χ2n) is 8.53. The Kier molecular flexibility index (Phi) is 5.18. The first kappa shape index (κ1) is 20.3. The minimum absolute atomic E-state index is 0.0659. The lowest BCUT2D eigenvalue weighted by Crippen LogP contribution is -2.35. The highest BCUT2D eigenvalue weighted by Crippen LogP contribution is 2.42. The number of fused-ring (bicyclic) bond motifs is 2. The van der Waals surface area contributed by atoms with Crippen molar-refractivity contribution in [2.24, 2.45) is 0 Å². The van der Waals surface area contributed by atoms with Crippen molar-refractivity contribution in [3.63, 3.8) is 0 Å². The molecule has 4 rings (SSSR count). The summed E-state index contributed by atoms with van der Waals surface area (Å²) in [6.07, 6.45) is 1.29. The van der Waals surface area contributed by atoms with Crippen molar-refractivity contribution in [2.45, 2.75) is 45.1 Å². The van der Waals surface area contributed by atoms with E-state index < -0.39 is 0 Å². The molecule has 6 heteroatoms. The van der Waals surface area contributed by atoms with Gasteiger partial charge in [0.25, 0.3) is 0 Å². The van der Waals surface area contributed by atoms with Gasteiger partial charge in [-0.05, 0) is 44.9 Å². The van der Waals surface area contributed by atoms with Crippen molar-refractivity contribution in [1.29, 1.82) is 0 Å². The lowest BCUT2D eigenvalue weighted by molar-refractivity contribution is -0.123. The van der Waals surface area contributed by atoms with Gasteiger partial charge in [-0.15, -0.1) is 0 Å². The minimum atomic E-state index is -0.333. The molecule has 0 fully saturated rings. The SMILES string of the molecule is COc1cc(C(=O)CNC(=O)C2CCOc3c(C)cccc32)cc2c1OC(C)(C)C2. The molecule has 2 aromatic carbocycles. The van der Waals surface area contributed by atoms with E-state index in [1.807, 2.05) is 45.0 Å². The Morgan fingerprint density at radius 2 is 2.03 bits per heavy atom. The van der Waals surface area contributed by atoms with Crippen LogP contribution in [0.15, 0.2) is 30.3 Å². The van der Waals surface area contributed by atoms with E-state index in [2.05, 4.69) is 5.32 Å². The summed E-state index contributed by atoms with van der Waals surface area (Å²) in [5.41, 5.74) is 3.01. The van der Waals surface area contributed by atoms with Crippen molar-refractivity contribution >= 4 is 11.7 Å².